The van der Waals surface area contributed by atoms with E-state index in [1.54, 1.807) is 0 Å². The van der Waals surface area contributed by atoms with Crippen LogP contribution in [0.5, 0.6) is 0 Å². The molecule has 5 heteroatoms. The second-order valence-electron chi connectivity index (χ2n) is 4.96. The van der Waals surface area contributed by atoms with E-state index >= 15 is 0 Å². The molecule has 19 heavy (non-hydrogen) atoms. The lowest BCUT2D eigenvalue weighted by Gasteiger charge is -2.35. The van der Waals surface area contributed by atoms with Crippen LogP contribution in [0.25, 0.3) is 0 Å². The van der Waals surface area contributed by atoms with Crippen molar-refractivity contribution >= 4 is 23.5 Å². The Labute approximate surface area is 125 Å². The highest BCUT2D eigenvalue weighted by atomic mass is 32.2. The van der Waals surface area contributed by atoms with Crippen LogP contribution in [0.1, 0.15) is 38.3 Å². The van der Waals surface area contributed by atoms with E-state index in [-0.39, 0.29) is 0 Å². The summed E-state index contributed by atoms with van der Waals surface area (Å²) in [6.07, 6.45) is 6.65. The Kier molecular flexibility index (Phi) is 6.10. The van der Waals surface area contributed by atoms with Gasteiger partial charge in [0.15, 0.2) is 0 Å². The highest BCUT2D eigenvalue weighted by Crippen LogP contribution is 2.40. The van der Waals surface area contributed by atoms with Crippen molar-refractivity contribution < 1.29 is 0 Å². The van der Waals surface area contributed by atoms with Gasteiger partial charge in [-0.2, -0.15) is 28.6 Å². The van der Waals surface area contributed by atoms with Crippen LogP contribution in [0.2, 0.25) is 0 Å². The van der Waals surface area contributed by atoms with E-state index in [0.717, 1.165) is 18.2 Å². The standard InChI is InChI=1S/C14H25N3S2/c1-4-6-17-10-11(9-16-17)13(15-3)14-12(5-2)18-7-8-19-14/h9-10,12-15H,4-8H2,1-3H3. The Morgan fingerprint density at radius 1 is 1.42 bits per heavy atom. The van der Waals surface area contributed by atoms with Crippen molar-refractivity contribution in [2.45, 2.75) is 49.8 Å². The highest BCUT2D eigenvalue weighted by molar-refractivity contribution is 8.07. The van der Waals surface area contributed by atoms with Crippen LogP contribution >= 0.6 is 23.5 Å². The summed E-state index contributed by atoms with van der Waals surface area (Å²) >= 11 is 4.26. The lowest BCUT2D eigenvalue weighted by molar-refractivity contribution is 0.541. The summed E-state index contributed by atoms with van der Waals surface area (Å²) in [5.41, 5.74) is 1.34. The zero-order valence-electron chi connectivity index (χ0n) is 12.1. The van der Waals surface area contributed by atoms with E-state index in [4.69, 9.17) is 0 Å². The number of rotatable bonds is 6. The lowest BCUT2D eigenvalue weighted by atomic mass is 10.0. The van der Waals surface area contributed by atoms with Crippen molar-refractivity contribution in [1.29, 1.82) is 0 Å². The molecular formula is C14H25N3S2. The number of thioether (sulfide) groups is 2. The van der Waals surface area contributed by atoms with Gasteiger partial charge in [-0.25, -0.2) is 0 Å². The second-order valence-corrected chi connectivity index (χ2v) is 7.59. The Hall–Kier alpha value is -0.130. The molecule has 3 atom stereocenters. The van der Waals surface area contributed by atoms with Gasteiger partial charge in [0, 0.05) is 46.4 Å². The van der Waals surface area contributed by atoms with Gasteiger partial charge < -0.3 is 5.32 Å². The van der Waals surface area contributed by atoms with E-state index < -0.39 is 0 Å². The van der Waals surface area contributed by atoms with Crippen LogP contribution in [0, 0.1) is 0 Å². The van der Waals surface area contributed by atoms with Crippen molar-refractivity contribution in [3.8, 4) is 0 Å². The van der Waals surface area contributed by atoms with Crippen molar-refractivity contribution in [3.63, 3.8) is 0 Å². The fourth-order valence-corrected chi connectivity index (χ4v) is 5.95. The molecule has 1 fully saturated rings. The summed E-state index contributed by atoms with van der Waals surface area (Å²) in [5, 5.41) is 9.42. The summed E-state index contributed by atoms with van der Waals surface area (Å²) in [7, 11) is 2.08. The first-order chi connectivity index (χ1) is 9.30. The Balaban J connectivity index is 2.12. The molecule has 0 radical (unpaired) electrons. The predicted molar refractivity (Wildman–Crippen MR) is 87.1 cm³/mol. The first kappa shape index (κ1) is 15.3. The first-order valence-electron chi connectivity index (χ1n) is 7.23. The van der Waals surface area contributed by atoms with Gasteiger partial charge in [0.1, 0.15) is 0 Å². The van der Waals surface area contributed by atoms with Gasteiger partial charge in [-0.15, -0.1) is 0 Å². The molecule has 0 aromatic carbocycles. The fourth-order valence-electron chi connectivity index (χ4n) is 2.66. The number of nitrogens with zero attached hydrogens (tertiary/aromatic N) is 2. The first-order valence-corrected chi connectivity index (χ1v) is 9.32. The van der Waals surface area contributed by atoms with Gasteiger partial charge in [0.25, 0.3) is 0 Å². The molecule has 3 nitrogen and oxygen atoms in total. The molecule has 1 N–H and O–H groups in total. The zero-order chi connectivity index (χ0) is 13.7. The molecule has 0 aliphatic carbocycles. The molecule has 0 bridgehead atoms. The third-order valence-electron chi connectivity index (χ3n) is 3.60. The minimum atomic E-state index is 0.424. The smallest absolute Gasteiger partial charge is 0.0538 e. The van der Waals surface area contributed by atoms with Crippen LogP contribution in [-0.4, -0.2) is 38.8 Å². The molecule has 3 unspecified atom stereocenters. The van der Waals surface area contributed by atoms with Crippen molar-refractivity contribution in [2.75, 3.05) is 18.6 Å². The van der Waals surface area contributed by atoms with Crippen LogP contribution in [0.15, 0.2) is 12.4 Å². The molecule has 1 aliphatic heterocycles. The summed E-state index contributed by atoms with van der Waals surface area (Å²) < 4.78 is 2.07. The molecule has 1 aromatic heterocycles. The van der Waals surface area contributed by atoms with E-state index in [9.17, 15) is 0 Å². The molecule has 2 heterocycles. The molecule has 0 spiro atoms. The van der Waals surface area contributed by atoms with Crippen molar-refractivity contribution in [1.82, 2.24) is 15.1 Å². The largest absolute Gasteiger partial charge is 0.312 e. The van der Waals surface area contributed by atoms with Gasteiger partial charge in [-0.05, 0) is 19.9 Å². The molecule has 0 amide bonds. The molecule has 108 valence electrons. The highest BCUT2D eigenvalue weighted by Gasteiger charge is 2.32. The number of hydrogen-bond acceptors (Lipinski definition) is 4. The maximum atomic E-state index is 4.48. The maximum absolute atomic E-state index is 4.48. The van der Waals surface area contributed by atoms with Gasteiger partial charge in [-0.1, -0.05) is 13.8 Å². The fraction of sp³-hybridized carbons (Fsp3) is 0.786. The molecular weight excluding hydrogens is 274 g/mol. The quantitative estimate of drug-likeness (QED) is 0.874. The number of aryl methyl sites for hydroxylation is 1. The van der Waals surface area contributed by atoms with Crippen LogP contribution < -0.4 is 5.32 Å². The van der Waals surface area contributed by atoms with Crippen molar-refractivity contribution in [3.05, 3.63) is 18.0 Å². The van der Waals surface area contributed by atoms with Gasteiger partial charge >= 0.3 is 0 Å². The Bertz CT molecular complexity index is 381. The Morgan fingerprint density at radius 3 is 2.89 bits per heavy atom. The normalized spacial score (nSPS) is 25.4. The number of aromatic nitrogens is 2. The third-order valence-corrected chi connectivity index (χ3v) is 6.95. The number of hydrogen-bond donors (Lipinski definition) is 1. The van der Waals surface area contributed by atoms with E-state index in [2.05, 4.69) is 65.7 Å². The van der Waals surface area contributed by atoms with Gasteiger partial charge in [-0.3, -0.25) is 4.68 Å². The average Bonchev–Trinajstić information content (AvgIpc) is 2.89. The van der Waals surface area contributed by atoms with Crippen LogP contribution in [0.3, 0.4) is 0 Å². The third kappa shape index (κ3) is 3.70. The average molecular weight is 300 g/mol. The number of nitrogens with one attached hydrogen (secondary N) is 1. The molecule has 2 rings (SSSR count). The SMILES string of the molecule is CCCn1cc(C(NC)C2SCCSC2CC)cn1. The summed E-state index contributed by atoms with van der Waals surface area (Å²) in [6, 6.07) is 0.424. The van der Waals surface area contributed by atoms with Crippen LogP contribution in [0.4, 0.5) is 0 Å². The zero-order valence-corrected chi connectivity index (χ0v) is 13.8. The summed E-state index contributed by atoms with van der Waals surface area (Å²) in [4.78, 5) is 0. The monoisotopic (exact) mass is 299 g/mol. The van der Waals surface area contributed by atoms with Gasteiger partial charge in [0.05, 0.1) is 6.20 Å². The topological polar surface area (TPSA) is 29.9 Å². The molecule has 0 saturated carbocycles. The predicted octanol–water partition coefficient (Wildman–Crippen LogP) is 3.18. The Morgan fingerprint density at radius 2 is 2.21 bits per heavy atom. The summed E-state index contributed by atoms with van der Waals surface area (Å²) in [6.45, 7) is 5.52. The van der Waals surface area contributed by atoms with E-state index in [1.807, 2.05) is 6.20 Å². The maximum Gasteiger partial charge on any atom is 0.0538 e. The molecule has 1 aromatic rings. The van der Waals surface area contributed by atoms with Crippen LogP contribution in [-0.2, 0) is 6.54 Å². The van der Waals surface area contributed by atoms with Crippen molar-refractivity contribution in [2.24, 2.45) is 0 Å². The molecule has 1 aliphatic rings. The minimum absolute atomic E-state index is 0.424. The molecule has 1 saturated heterocycles. The van der Waals surface area contributed by atoms with Gasteiger partial charge in [0.2, 0.25) is 0 Å². The lowest BCUT2D eigenvalue weighted by Crippen LogP contribution is -2.37. The minimum Gasteiger partial charge on any atom is -0.312 e. The van der Waals surface area contributed by atoms with E-state index in [1.165, 1.54) is 23.5 Å². The second kappa shape index (κ2) is 7.60. The van der Waals surface area contributed by atoms with E-state index in [0.29, 0.717) is 11.3 Å². The summed E-state index contributed by atoms with van der Waals surface area (Å²) in [5.74, 6) is 2.57.